The summed E-state index contributed by atoms with van der Waals surface area (Å²) in [5.41, 5.74) is 0. The molecule has 0 spiro atoms. The maximum atomic E-state index is 5.72. The Hall–Kier alpha value is -0.200. The van der Waals surface area contributed by atoms with Crippen molar-refractivity contribution in [1.82, 2.24) is 4.90 Å². The zero-order chi connectivity index (χ0) is 10.8. The Morgan fingerprint density at radius 3 is 2.56 bits per heavy atom. The fraction of sp³-hybridized carbons (Fsp3) is 1.00. The van der Waals surface area contributed by atoms with E-state index in [0.717, 1.165) is 39.3 Å². The number of hydrogen-bond acceptors (Lipinski definition) is 5. The molecule has 92 valence electrons. The summed E-state index contributed by atoms with van der Waals surface area (Å²) in [7, 11) is 0. The third-order valence-electron chi connectivity index (χ3n) is 3.52. The van der Waals surface area contributed by atoms with E-state index in [2.05, 4.69) is 4.90 Å². The molecule has 0 unspecified atom stereocenters. The molecule has 0 aliphatic carbocycles. The molecule has 0 radical (unpaired) electrons. The smallest absolute Gasteiger partial charge is 0.183 e. The van der Waals surface area contributed by atoms with Gasteiger partial charge in [0, 0.05) is 19.1 Å². The van der Waals surface area contributed by atoms with Crippen LogP contribution < -0.4 is 0 Å². The van der Waals surface area contributed by atoms with Gasteiger partial charge in [-0.3, -0.25) is 4.90 Å². The Kier molecular flexibility index (Phi) is 3.40. The molecule has 5 heteroatoms. The van der Waals surface area contributed by atoms with E-state index in [1.165, 1.54) is 0 Å². The lowest BCUT2D eigenvalue weighted by Crippen LogP contribution is -2.55. The number of rotatable bonds is 1. The third-order valence-corrected chi connectivity index (χ3v) is 3.52. The van der Waals surface area contributed by atoms with Gasteiger partial charge in [0.1, 0.15) is 6.10 Å². The maximum Gasteiger partial charge on any atom is 0.183 e. The number of fused-ring (bicyclic) bond motifs is 1. The number of ether oxygens (including phenoxy) is 4. The van der Waals surface area contributed by atoms with E-state index in [-0.39, 0.29) is 12.4 Å². The van der Waals surface area contributed by atoms with Crippen molar-refractivity contribution in [3.63, 3.8) is 0 Å². The quantitative estimate of drug-likeness (QED) is 0.625. The minimum absolute atomic E-state index is 0.121. The molecule has 3 aliphatic rings. The summed E-state index contributed by atoms with van der Waals surface area (Å²) in [6.45, 7) is 5.79. The topological polar surface area (TPSA) is 40.2 Å². The number of nitrogens with zero attached hydrogens (tertiary/aromatic N) is 1. The van der Waals surface area contributed by atoms with Gasteiger partial charge in [0.05, 0.1) is 33.0 Å². The zero-order valence-corrected chi connectivity index (χ0v) is 9.47. The molecule has 0 aromatic heterocycles. The normalized spacial score (nSPS) is 41.6. The van der Waals surface area contributed by atoms with Crippen LogP contribution in [-0.4, -0.2) is 69.5 Å². The molecular weight excluding hydrogens is 210 g/mol. The Bertz CT molecular complexity index is 229. The fourth-order valence-electron chi connectivity index (χ4n) is 2.62. The Morgan fingerprint density at radius 2 is 1.69 bits per heavy atom. The lowest BCUT2D eigenvalue weighted by molar-refractivity contribution is -0.277. The predicted molar refractivity (Wildman–Crippen MR) is 56.2 cm³/mol. The summed E-state index contributed by atoms with van der Waals surface area (Å²) in [6.07, 6.45) is 1.01. The molecule has 0 aromatic rings. The highest BCUT2D eigenvalue weighted by Crippen LogP contribution is 2.25. The van der Waals surface area contributed by atoms with Crippen LogP contribution in [0.1, 0.15) is 6.42 Å². The summed E-state index contributed by atoms with van der Waals surface area (Å²) in [5.74, 6) is 0. The van der Waals surface area contributed by atoms with E-state index in [1.807, 2.05) is 0 Å². The Labute approximate surface area is 95.6 Å². The minimum atomic E-state index is -0.133. The van der Waals surface area contributed by atoms with Gasteiger partial charge in [0.2, 0.25) is 0 Å². The van der Waals surface area contributed by atoms with Crippen LogP contribution in [0.25, 0.3) is 0 Å². The molecular formula is C11H19NO4. The van der Waals surface area contributed by atoms with Crippen molar-refractivity contribution >= 4 is 0 Å². The Balaban J connectivity index is 1.57. The first-order valence-corrected chi connectivity index (χ1v) is 6.10. The lowest BCUT2D eigenvalue weighted by atomic mass is 10.0. The second kappa shape index (κ2) is 4.98. The van der Waals surface area contributed by atoms with E-state index < -0.39 is 0 Å². The highest BCUT2D eigenvalue weighted by Gasteiger charge is 2.37. The van der Waals surface area contributed by atoms with Gasteiger partial charge in [-0.05, 0) is 6.42 Å². The van der Waals surface area contributed by atoms with Gasteiger partial charge >= 0.3 is 0 Å². The molecule has 3 aliphatic heterocycles. The predicted octanol–water partition coefficient (Wildman–Crippen LogP) is -0.151. The van der Waals surface area contributed by atoms with Crippen molar-refractivity contribution in [3.05, 3.63) is 0 Å². The molecule has 3 fully saturated rings. The molecule has 0 amide bonds. The van der Waals surface area contributed by atoms with Crippen LogP contribution >= 0.6 is 0 Å². The maximum absolute atomic E-state index is 5.72. The van der Waals surface area contributed by atoms with E-state index >= 15 is 0 Å². The van der Waals surface area contributed by atoms with E-state index in [0.29, 0.717) is 19.3 Å². The van der Waals surface area contributed by atoms with Gasteiger partial charge in [0.25, 0.3) is 0 Å². The largest absolute Gasteiger partial charge is 0.379 e. The first kappa shape index (κ1) is 10.9. The third kappa shape index (κ3) is 2.24. The molecule has 0 aromatic carbocycles. The second-order valence-electron chi connectivity index (χ2n) is 4.52. The summed E-state index contributed by atoms with van der Waals surface area (Å²) >= 11 is 0. The van der Waals surface area contributed by atoms with Crippen molar-refractivity contribution in [3.8, 4) is 0 Å². The first-order valence-electron chi connectivity index (χ1n) is 6.10. The fourth-order valence-corrected chi connectivity index (χ4v) is 2.62. The molecule has 3 rings (SSSR count). The summed E-state index contributed by atoms with van der Waals surface area (Å²) in [4.78, 5) is 2.44. The molecule has 3 heterocycles. The first-order chi connectivity index (χ1) is 7.93. The zero-order valence-electron chi connectivity index (χ0n) is 9.47. The average Bonchev–Trinajstić information content (AvgIpc) is 2.39. The van der Waals surface area contributed by atoms with Crippen molar-refractivity contribution < 1.29 is 18.9 Å². The van der Waals surface area contributed by atoms with Crippen molar-refractivity contribution in [2.75, 3.05) is 46.1 Å². The number of morpholine rings is 1. The van der Waals surface area contributed by atoms with Crippen molar-refractivity contribution in [2.24, 2.45) is 0 Å². The highest BCUT2D eigenvalue weighted by molar-refractivity contribution is 4.84. The molecule has 3 atom stereocenters. The highest BCUT2D eigenvalue weighted by atomic mass is 16.7. The molecule has 0 saturated carbocycles. The van der Waals surface area contributed by atoms with E-state index in [9.17, 15) is 0 Å². The second-order valence-corrected chi connectivity index (χ2v) is 4.52. The van der Waals surface area contributed by atoms with Crippen LogP contribution in [0.5, 0.6) is 0 Å². The van der Waals surface area contributed by atoms with Gasteiger partial charge in [-0.15, -0.1) is 0 Å². The molecule has 0 bridgehead atoms. The SMILES string of the molecule is C1CN([C@H]2CO[C@H]3OCCO[C@H]3C2)CCO1. The van der Waals surface area contributed by atoms with Crippen LogP contribution in [0.4, 0.5) is 0 Å². The number of hydrogen-bond donors (Lipinski definition) is 0. The summed E-state index contributed by atoms with van der Waals surface area (Å²) in [6, 6.07) is 0.465. The minimum Gasteiger partial charge on any atom is -0.379 e. The molecule has 3 saturated heterocycles. The van der Waals surface area contributed by atoms with E-state index in [1.54, 1.807) is 0 Å². The molecule has 5 nitrogen and oxygen atoms in total. The monoisotopic (exact) mass is 229 g/mol. The van der Waals surface area contributed by atoms with Gasteiger partial charge in [0.15, 0.2) is 6.29 Å². The van der Waals surface area contributed by atoms with Crippen LogP contribution in [0.2, 0.25) is 0 Å². The van der Waals surface area contributed by atoms with Crippen molar-refractivity contribution in [1.29, 1.82) is 0 Å². The van der Waals surface area contributed by atoms with Gasteiger partial charge < -0.3 is 18.9 Å². The van der Waals surface area contributed by atoms with E-state index in [4.69, 9.17) is 18.9 Å². The van der Waals surface area contributed by atoms with Gasteiger partial charge in [-0.1, -0.05) is 0 Å². The van der Waals surface area contributed by atoms with Crippen LogP contribution in [0.3, 0.4) is 0 Å². The van der Waals surface area contributed by atoms with Crippen LogP contribution in [0.15, 0.2) is 0 Å². The van der Waals surface area contributed by atoms with Gasteiger partial charge in [-0.2, -0.15) is 0 Å². The standard InChI is InChI=1S/C11H19NO4/c1-3-13-4-2-12(1)9-7-10-11(16-8-9)15-6-5-14-10/h9-11H,1-8H2/t9-,10+,11-/m1/s1. The molecule has 16 heavy (non-hydrogen) atoms. The van der Waals surface area contributed by atoms with Gasteiger partial charge in [-0.25, -0.2) is 0 Å². The van der Waals surface area contributed by atoms with Crippen molar-refractivity contribution in [2.45, 2.75) is 24.9 Å². The van der Waals surface area contributed by atoms with Crippen LogP contribution in [0, 0.1) is 0 Å². The summed E-state index contributed by atoms with van der Waals surface area (Å²) < 4.78 is 22.3. The Morgan fingerprint density at radius 1 is 0.875 bits per heavy atom. The molecule has 0 N–H and O–H groups in total. The lowest BCUT2D eigenvalue weighted by Gasteiger charge is -2.43. The summed E-state index contributed by atoms with van der Waals surface area (Å²) in [5, 5.41) is 0. The average molecular weight is 229 g/mol. The van der Waals surface area contributed by atoms with Crippen LogP contribution in [-0.2, 0) is 18.9 Å².